The molecule has 1 rings (SSSR count). The number of nitrogens with one attached hydrogen (secondary N) is 1. The molecule has 0 unspecified atom stereocenters. The van der Waals surface area contributed by atoms with Crippen molar-refractivity contribution < 1.29 is 4.39 Å². The highest BCUT2D eigenvalue weighted by molar-refractivity contribution is 7.99. The van der Waals surface area contributed by atoms with Crippen molar-refractivity contribution in [3.8, 4) is 0 Å². The molecule has 3 N–H and O–H groups in total. The lowest BCUT2D eigenvalue weighted by Gasteiger charge is -2.08. The molecule has 4 heteroatoms. The minimum atomic E-state index is -0.275. The van der Waals surface area contributed by atoms with E-state index in [0.29, 0.717) is 11.7 Å². The Morgan fingerprint density at radius 2 is 2.19 bits per heavy atom. The molecule has 0 atom stereocenters. The average molecular weight is 242 g/mol. The summed E-state index contributed by atoms with van der Waals surface area (Å²) in [6, 6.07) is 5.09. The fraction of sp³-hybridized carbons (Fsp3) is 0.500. The van der Waals surface area contributed by atoms with E-state index in [4.69, 9.17) is 5.73 Å². The molecular weight excluding hydrogens is 223 g/mol. The zero-order valence-corrected chi connectivity index (χ0v) is 10.6. The summed E-state index contributed by atoms with van der Waals surface area (Å²) in [5, 5.41) is 3.35. The number of nitrogen functional groups attached to an aromatic ring is 1. The quantitative estimate of drug-likeness (QED) is 0.457. The van der Waals surface area contributed by atoms with Gasteiger partial charge in [-0.1, -0.05) is 13.8 Å². The van der Waals surface area contributed by atoms with Crippen molar-refractivity contribution >= 4 is 17.4 Å². The van der Waals surface area contributed by atoms with Crippen molar-refractivity contribution in [1.29, 1.82) is 0 Å². The largest absolute Gasteiger partial charge is 0.398 e. The maximum atomic E-state index is 12.8. The molecule has 1 aromatic carbocycles. The number of nitrogens with two attached hydrogens (primary N) is 1. The highest BCUT2D eigenvalue weighted by Crippen LogP contribution is 2.25. The molecule has 16 heavy (non-hydrogen) atoms. The van der Waals surface area contributed by atoms with Crippen LogP contribution in [0.2, 0.25) is 0 Å². The van der Waals surface area contributed by atoms with E-state index >= 15 is 0 Å². The van der Waals surface area contributed by atoms with Crippen molar-refractivity contribution in [2.24, 2.45) is 0 Å². The summed E-state index contributed by atoms with van der Waals surface area (Å²) in [5.41, 5.74) is 6.24. The molecule has 0 radical (unpaired) electrons. The first-order valence-electron chi connectivity index (χ1n) is 5.51. The van der Waals surface area contributed by atoms with Crippen molar-refractivity contribution in [2.75, 3.05) is 18.0 Å². The van der Waals surface area contributed by atoms with Crippen LogP contribution in [0.1, 0.15) is 20.3 Å². The van der Waals surface area contributed by atoms with Gasteiger partial charge in [-0.3, -0.25) is 0 Å². The van der Waals surface area contributed by atoms with Crippen LogP contribution in [0.4, 0.5) is 10.1 Å². The van der Waals surface area contributed by atoms with Gasteiger partial charge in [0.25, 0.3) is 0 Å². The third kappa shape index (κ3) is 4.86. The lowest BCUT2D eigenvalue weighted by molar-refractivity contribution is 0.586. The Labute approximate surface area is 101 Å². The predicted octanol–water partition coefficient (Wildman–Crippen LogP) is 2.89. The van der Waals surface area contributed by atoms with Gasteiger partial charge >= 0.3 is 0 Å². The van der Waals surface area contributed by atoms with Crippen molar-refractivity contribution in [1.82, 2.24) is 5.32 Å². The molecule has 0 aliphatic rings. The first-order chi connectivity index (χ1) is 7.59. The molecule has 0 aromatic heterocycles. The minimum absolute atomic E-state index is 0.275. The van der Waals surface area contributed by atoms with Crippen LogP contribution in [-0.2, 0) is 0 Å². The molecule has 0 saturated carbocycles. The van der Waals surface area contributed by atoms with Crippen LogP contribution >= 0.6 is 11.8 Å². The average Bonchev–Trinajstić information content (AvgIpc) is 2.20. The van der Waals surface area contributed by atoms with Gasteiger partial charge in [0.1, 0.15) is 5.82 Å². The second-order valence-corrected chi connectivity index (χ2v) is 5.13. The highest BCUT2D eigenvalue weighted by atomic mass is 32.2. The molecule has 0 saturated heterocycles. The lowest BCUT2D eigenvalue weighted by atomic mass is 10.3. The third-order valence-electron chi connectivity index (χ3n) is 2.10. The van der Waals surface area contributed by atoms with Crippen molar-refractivity contribution in [3.63, 3.8) is 0 Å². The van der Waals surface area contributed by atoms with E-state index < -0.39 is 0 Å². The third-order valence-corrected chi connectivity index (χ3v) is 3.28. The van der Waals surface area contributed by atoms with Crippen LogP contribution in [0.5, 0.6) is 0 Å². The van der Waals surface area contributed by atoms with E-state index in [2.05, 4.69) is 19.2 Å². The zero-order chi connectivity index (χ0) is 12.0. The molecule has 0 aliphatic heterocycles. The molecule has 0 aliphatic carbocycles. The maximum absolute atomic E-state index is 12.8. The van der Waals surface area contributed by atoms with Crippen LogP contribution in [-0.4, -0.2) is 18.3 Å². The summed E-state index contributed by atoms with van der Waals surface area (Å²) < 4.78 is 12.8. The van der Waals surface area contributed by atoms with Gasteiger partial charge in [-0.05, 0) is 36.9 Å². The van der Waals surface area contributed by atoms with Gasteiger partial charge in [0.15, 0.2) is 0 Å². The minimum Gasteiger partial charge on any atom is -0.398 e. The van der Waals surface area contributed by atoms with Gasteiger partial charge in [-0.15, -0.1) is 11.8 Å². The van der Waals surface area contributed by atoms with Crippen LogP contribution in [0, 0.1) is 5.82 Å². The standard InChI is InChI=1S/C12H19FN2S/c1-9(2)15-6-3-7-16-12-5-4-10(13)8-11(12)14/h4-5,8-9,15H,3,6-7,14H2,1-2H3. The highest BCUT2D eigenvalue weighted by Gasteiger charge is 2.01. The first kappa shape index (κ1) is 13.3. The van der Waals surface area contributed by atoms with Gasteiger partial charge in [-0.2, -0.15) is 0 Å². The Morgan fingerprint density at radius 1 is 1.44 bits per heavy atom. The Morgan fingerprint density at radius 3 is 2.81 bits per heavy atom. The number of hydrogen-bond acceptors (Lipinski definition) is 3. The molecule has 0 amide bonds. The fourth-order valence-electron chi connectivity index (χ4n) is 1.30. The molecule has 0 spiro atoms. The van der Waals surface area contributed by atoms with Crippen LogP contribution in [0.25, 0.3) is 0 Å². The monoisotopic (exact) mass is 242 g/mol. The van der Waals surface area contributed by atoms with Crippen LogP contribution < -0.4 is 11.1 Å². The van der Waals surface area contributed by atoms with E-state index in [1.807, 2.05) is 0 Å². The number of halogens is 1. The summed E-state index contributed by atoms with van der Waals surface area (Å²) in [6.45, 7) is 5.27. The zero-order valence-electron chi connectivity index (χ0n) is 9.79. The molecule has 2 nitrogen and oxygen atoms in total. The molecule has 90 valence electrons. The number of anilines is 1. The van der Waals surface area contributed by atoms with Gasteiger partial charge in [0.2, 0.25) is 0 Å². The summed E-state index contributed by atoms with van der Waals surface area (Å²) in [6.07, 6.45) is 1.08. The number of rotatable bonds is 6. The van der Waals surface area contributed by atoms with Crippen LogP contribution in [0.15, 0.2) is 23.1 Å². The molecular formula is C12H19FN2S. The van der Waals surface area contributed by atoms with E-state index in [-0.39, 0.29) is 5.82 Å². The normalized spacial score (nSPS) is 11.0. The van der Waals surface area contributed by atoms with Crippen molar-refractivity contribution in [3.05, 3.63) is 24.0 Å². The fourth-order valence-corrected chi connectivity index (χ4v) is 2.19. The van der Waals surface area contributed by atoms with E-state index in [1.54, 1.807) is 17.8 Å². The Balaban J connectivity index is 2.27. The van der Waals surface area contributed by atoms with E-state index in [9.17, 15) is 4.39 Å². The smallest absolute Gasteiger partial charge is 0.125 e. The van der Waals surface area contributed by atoms with E-state index in [0.717, 1.165) is 23.6 Å². The molecule has 0 bridgehead atoms. The van der Waals surface area contributed by atoms with E-state index in [1.165, 1.54) is 12.1 Å². The van der Waals surface area contributed by atoms with Gasteiger partial charge in [-0.25, -0.2) is 4.39 Å². The van der Waals surface area contributed by atoms with Gasteiger partial charge in [0.05, 0.1) is 0 Å². The van der Waals surface area contributed by atoms with Crippen LogP contribution in [0.3, 0.4) is 0 Å². The molecule has 0 heterocycles. The SMILES string of the molecule is CC(C)NCCCSc1ccc(F)cc1N. The summed E-state index contributed by atoms with van der Waals surface area (Å²) in [5.74, 6) is 0.721. The Kier molecular flexibility index (Phi) is 5.63. The predicted molar refractivity (Wildman–Crippen MR) is 69.3 cm³/mol. The van der Waals surface area contributed by atoms with Crippen molar-refractivity contribution in [2.45, 2.75) is 31.2 Å². The maximum Gasteiger partial charge on any atom is 0.125 e. The number of thioether (sulfide) groups is 1. The Bertz CT molecular complexity index is 329. The molecule has 1 aromatic rings. The second kappa shape index (κ2) is 6.76. The summed E-state index contributed by atoms with van der Waals surface area (Å²) in [7, 11) is 0. The van der Waals surface area contributed by atoms with Gasteiger partial charge in [0, 0.05) is 16.6 Å². The van der Waals surface area contributed by atoms with Gasteiger partial charge < -0.3 is 11.1 Å². The topological polar surface area (TPSA) is 38.0 Å². The summed E-state index contributed by atoms with van der Waals surface area (Å²) in [4.78, 5) is 0.964. The molecule has 0 fully saturated rings. The number of hydrogen-bond donors (Lipinski definition) is 2. The first-order valence-corrected chi connectivity index (χ1v) is 6.49. The second-order valence-electron chi connectivity index (χ2n) is 3.99. The lowest BCUT2D eigenvalue weighted by Crippen LogP contribution is -2.23. The number of benzene rings is 1. The summed E-state index contributed by atoms with van der Waals surface area (Å²) >= 11 is 1.68. The Hall–Kier alpha value is -0.740.